The molecule has 0 radical (unpaired) electrons. The minimum Gasteiger partial charge on any atom is -0.496 e. The second kappa shape index (κ2) is 8.50. The lowest BCUT2D eigenvalue weighted by Crippen LogP contribution is -2.41. The highest BCUT2D eigenvalue weighted by atomic mass is 16.5. The molecule has 0 bridgehead atoms. The molecule has 5 heteroatoms. The molecule has 5 nitrogen and oxygen atoms in total. The van der Waals surface area contributed by atoms with Gasteiger partial charge in [-0.15, -0.1) is 0 Å². The summed E-state index contributed by atoms with van der Waals surface area (Å²) < 4.78 is 10.1. The molecule has 0 aliphatic rings. The second-order valence-electron chi connectivity index (χ2n) is 4.24. The van der Waals surface area contributed by atoms with Crippen LogP contribution in [0.2, 0.25) is 0 Å². The van der Waals surface area contributed by atoms with Crippen LogP contribution >= 0.6 is 0 Å². The number of methoxy groups -OCH3 is 2. The van der Waals surface area contributed by atoms with Crippen LogP contribution in [0.15, 0.2) is 24.3 Å². The van der Waals surface area contributed by atoms with Gasteiger partial charge in [0.1, 0.15) is 5.75 Å². The van der Waals surface area contributed by atoms with Gasteiger partial charge in [-0.25, -0.2) is 0 Å². The number of benzene rings is 1. The minimum absolute atomic E-state index is 0.146. The maximum atomic E-state index is 11.7. The molecule has 1 atom stereocenters. The molecule has 1 rings (SSSR count). The van der Waals surface area contributed by atoms with Gasteiger partial charge >= 0.3 is 0 Å². The van der Waals surface area contributed by atoms with Crippen molar-refractivity contribution in [2.75, 3.05) is 27.4 Å². The first-order valence-corrected chi connectivity index (χ1v) is 6.33. The van der Waals surface area contributed by atoms with E-state index in [4.69, 9.17) is 15.2 Å². The highest BCUT2D eigenvalue weighted by Crippen LogP contribution is 2.17. The smallest absolute Gasteiger partial charge is 0.237 e. The molecule has 0 fully saturated rings. The maximum absolute atomic E-state index is 11.7. The van der Waals surface area contributed by atoms with Crippen LogP contribution in [0, 0.1) is 0 Å². The van der Waals surface area contributed by atoms with E-state index in [1.807, 2.05) is 24.3 Å². The summed E-state index contributed by atoms with van der Waals surface area (Å²) in [7, 11) is 3.23. The van der Waals surface area contributed by atoms with E-state index in [1.54, 1.807) is 14.2 Å². The van der Waals surface area contributed by atoms with E-state index in [0.29, 0.717) is 26.0 Å². The quantitative estimate of drug-likeness (QED) is 0.727. The number of carbonyl (C=O) groups excluding carboxylic acids is 1. The number of rotatable bonds is 8. The largest absolute Gasteiger partial charge is 0.496 e. The Labute approximate surface area is 114 Å². The summed E-state index contributed by atoms with van der Waals surface area (Å²) in [6.45, 7) is 1.03. The summed E-state index contributed by atoms with van der Waals surface area (Å²) in [6, 6.07) is 7.24. The van der Waals surface area contributed by atoms with E-state index in [9.17, 15) is 4.79 Å². The van der Waals surface area contributed by atoms with E-state index < -0.39 is 6.04 Å². The van der Waals surface area contributed by atoms with Crippen LogP contribution in [-0.2, 0) is 16.0 Å². The first kappa shape index (κ1) is 15.5. The van der Waals surface area contributed by atoms with Gasteiger partial charge in [-0.2, -0.15) is 0 Å². The summed E-state index contributed by atoms with van der Waals surface area (Å²) in [4.78, 5) is 11.7. The highest BCUT2D eigenvalue weighted by molar-refractivity contribution is 5.81. The number of hydrogen-bond acceptors (Lipinski definition) is 4. The van der Waals surface area contributed by atoms with Crippen molar-refractivity contribution in [3.05, 3.63) is 29.8 Å². The number of ether oxygens (including phenoxy) is 2. The Morgan fingerprint density at radius 1 is 1.37 bits per heavy atom. The van der Waals surface area contributed by atoms with Crippen molar-refractivity contribution in [2.45, 2.75) is 18.9 Å². The van der Waals surface area contributed by atoms with Crippen molar-refractivity contribution in [1.82, 2.24) is 5.32 Å². The lowest BCUT2D eigenvalue weighted by molar-refractivity contribution is -0.122. The Kier molecular flexibility index (Phi) is 6.92. The fourth-order valence-electron chi connectivity index (χ4n) is 1.74. The summed E-state index contributed by atoms with van der Waals surface area (Å²) in [5.74, 6) is 0.687. The fourth-order valence-corrected chi connectivity index (χ4v) is 1.74. The Bertz CT molecular complexity index is 396. The molecular weight excluding hydrogens is 244 g/mol. The molecule has 19 heavy (non-hydrogen) atoms. The topological polar surface area (TPSA) is 73.6 Å². The van der Waals surface area contributed by atoms with E-state index >= 15 is 0 Å². The van der Waals surface area contributed by atoms with Crippen LogP contribution in [0.4, 0.5) is 0 Å². The predicted octanol–water partition coefficient (Wildman–Crippen LogP) is 0.718. The number of nitrogens with two attached hydrogens (primary N) is 1. The van der Waals surface area contributed by atoms with Crippen LogP contribution in [0.25, 0.3) is 0 Å². The number of carbonyl (C=O) groups is 1. The fraction of sp³-hybridized carbons (Fsp3) is 0.500. The zero-order valence-corrected chi connectivity index (χ0v) is 11.5. The zero-order valence-electron chi connectivity index (χ0n) is 11.5. The van der Waals surface area contributed by atoms with E-state index in [2.05, 4.69) is 5.32 Å². The molecule has 1 amide bonds. The summed E-state index contributed by atoms with van der Waals surface area (Å²) >= 11 is 0. The first-order valence-electron chi connectivity index (χ1n) is 6.33. The van der Waals surface area contributed by atoms with E-state index in [1.165, 1.54) is 0 Å². The van der Waals surface area contributed by atoms with Crippen LogP contribution < -0.4 is 15.8 Å². The Hall–Kier alpha value is -1.59. The number of amides is 1. The molecule has 0 aliphatic heterocycles. The minimum atomic E-state index is -0.516. The molecule has 1 unspecified atom stereocenters. The van der Waals surface area contributed by atoms with Crippen molar-refractivity contribution in [2.24, 2.45) is 5.73 Å². The highest BCUT2D eigenvalue weighted by Gasteiger charge is 2.12. The van der Waals surface area contributed by atoms with Gasteiger partial charge in [0.25, 0.3) is 0 Å². The van der Waals surface area contributed by atoms with E-state index in [0.717, 1.165) is 11.3 Å². The molecule has 1 aromatic carbocycles. The van der Waals surface area contributed by atoms with Crippen LogP contribution in [-0.4, -0.2) is 39.3 Å². The van der Waals surface area contributed by atoms with Gasteiger partial charge in [-0.1, -0.05) is 18.2 Å². The molecule has 0 heterocycles. The van der Waals surface area contributed by atoms with Gasteiger partial charge in [0.05, 0.1) is 13.2 Å². The van der Waals surface area contributed by atoms with Gasteiger partial charge in [0.2, 0.25) is 5.91 Å². The molecule has 0 saturated carbocycles. The average Bonchev–Trinajstić information content (AvgIpc) is 2.45. The van der Waals surface area contributed by atoms with Crippen LogP contribution in [0.5, 0.6) is 5.75 Å². The van der Waals surface area contributed by atoms with Crippen molar-refractivity contribution in [1.29, 1.82) is 0 Å². The molecule has 3 N–H and O–H groups in total. The molecule has 0 saturated heterocycles. The summed E-state index contributed by atoms with van der Waals surface area (Å²) in [6.07, 6.45) is 1.24. The third-order valence-corrected chi connectivity index (χ3v) is 2.86. The summed E-state index contributed by atoms with van der Waals surface area (Å²) in [5.41, 5.74) is 6.79. The van der Waals surface area contributed by atoms with E-state index in [-0.39, 0.29) is 5.91 Å². The number of para-hydroxylation sites is 1. The molecule has 106 valence electrons. The monoisotopic (exact) mass is 266 g/mol. The standard InChI is InChI=1S/C14H22N2O3/c1-18-10-8-12(15)14(17)16-9-7-11-5-3-4-6-13(11)19-2/h3-6,12H,7-10,15H2,1-2H3,(H,16,17). The normalized spacial score (nSPS) is 11.9. The SMILES string of the molecule is COCCC(N)C(=O)NCCc1ccccc1OC. The van der Waals surface area contributed by atoms with Crippen molar-refractivity contribution >= 4 is 5.91 Å². The summed E-state index contributed by atoms with van der Waals surface area (Å²) in [5, 5.41) is 2.82. The number of nitrogens with one attached hydrogen (secondary N) is 1. The van der Waals surface area contributed by atoms with Crippen LogP contribution in [0.1, 0.15) is 12.0 Å². The van der Waals surface area contributed by atoms with Gasteiger partial charge in [-0.3, -0.25) is 4.79 Å². The molecule has 0 aromatic heterocycles. The molecule has 0 aliphatic carbocycles. The van der Waals surface area contributed by atoms with Gasteiger partial charge in [0.15, 0.2) is 0 Å². The molecule has 0 spiro atoms. The Balaban J connectivity index is 2.35. The third kappa shape index (κ3) is 5.28. The van der Waals surface area contributed by atoms with Gasteiger partial charge in [0, 0.05) is 20.3 Å². The zero-order chi connectivity index (χ0) is 14.1. The molecule has 1 aromatic rings. The van der Waals surface area contributed by atoms with Gasteiger partial charge < -0.3 is 20.5 Å². The average molecular weight is 266 g/mol. The first-order chi connectivity index (χ1) is 9.19. The second-order valence-corrected chi connectivity index (χ2v) is 4.24. The lowest BCUT2D eigenvalue weighted by Gasteiger charge is -2.12. The van der Waals surface area contributed by atoms with Crippen LogP contribution in [0.3, 0.4) is 0 Å². The van der Waals surface area contributed by atoms with Crippen molar-refractivity contribution in [3.63, 3.8) is 0 Å². The number of hydrogen-bond donors (Lipinski definition) is 2. The Morgan fingerprint density at radius 3 is 2.79 bits per heavy atom. The lowest BCUT2D eigenvalue weighted by atomic mass is 10.1. The maximum Gasteiger partial charge on any atom is 0.237 e. The Morgan fingerprint density at radius 2 is 2.11 bits per heavy atom. The molecular formula is C14H22N2O3. The van der Waals surface area contributed by atoms with Crippen molar-refractivity contribution < 1.29 is 14.3 Å². The third-order valence-electron chi connectivity index (χ3n) is 2.86. The van der Waals surface area contributed by atoms with Crippen molar-refractivity contribution in [3.8, 4) is 5.75 Å². The predicted molar refractivity (Wildman–Crippen MR) is 74.2 cm³/mol. The van der Waals surface area contributed by atoms with Gasteiger partial charge in [-0.05, 0) is 24.5 Å².